The SMILES string of the molecule is COc1ccc(C(c2ccccc2)(c2ccc(OC)cc2)n2c(CC(O)CO)nc3c2c(=O)n(C)c(=O)n3C)cc1. The molecule has 0 radical (unpaired) electrons. The second-order valence-corrected chi connectivity index (χ2v) is 9.82. The van der Waals surface area contributed by atoms with Crippen LogP contribution in [0.1, 0.15) is 22.5 Å². The van der Waals surface area contributed by atoms with E-state index in [2.05, 4.69) is 0 Å². The van der Waals surface area contributed by atoms with Gasteiger partial charge in [0.2, 0.25) is 0 Å². The van der Waals surface area contributed by atoms with E-state index in [0.717, 1.165) is 21.3 Å². The predicted octanol–water partition coefficient (Wildman–Crippen LogP) is 2.19. The first kappa shape index (κ1) is 27.9. The largest absolute Gasteiger partial charge is 0.497 e. The number of aliphatic hydroxyl groups is 2. The van der Waals surface area contributed by atoms with E-state index in [1.54, 1.807) is 25.8 Å². The summed E-state index contributed by atoms with van der Waals surface area (Å²) in [5.74, 6) is 1.61. The number of rotatable bonds is 9. The zero-order chi connectivity index (χ0) is 29.3. The van der Waals surface area contributed by atoms with Crippen LogP contribution in [0.3, 0.4) is 0 Å². The van der Waals surface area contributed by atoms with Gasteiger partial charge in [-0.1, -0.05) is 54.6 Å². The number of methoxy groups -OCH3 is 2. The molecule has 5 aromatic rings. The number of ether oxygens (including phenoxy) is 2. The highest BCUT2D eigenvalue weighted by molar-refractivity contribution is 5.74. The molecule has 41 heavy (non-hydrogen) atoms. The monoisotopic (exact) mass is 556 g/mol. The second kappa shape index (κ2) is 11.1. The highest BCUT2D eigenvalue weighted by atomic mass is 16.5. The molecule has 0 spiro atoms. The molecule has 212 valence electrons. The molecule has 2 heterocycles. The average Bonchev–Trinajstić information content (AvgIpc) is 3.39. The summed E-state index contributed by atoms with van der Waals surface area (Å²) >= 11 is 0. The number of aliphatic hydroxyl groups excluding tert-OH is 2. The molecule has 0 saturated heterocycles. The van der Waals surface area contributed by atoms with Gasteiger partial charge in [-0.2, -0.15) is 0 Å². The van der Waals surface area contributed by atoms with E-state index in [9.17, 15) is 19.8 Å². The van der Waals surface area contributed by atoms with Gasteiger partial charge in [-0.05, 0) is 41.0 Å². The van der Waals surface area contributed by atoms with Crippen LogP contribution in [-0.2, 0) is 26.1 Å². The van der Waals surface area contributed by atoms with E-state index in [0.29, 0.717) is 17.3 Å². The van der Waals surface area contributed by atoms with Crippen LogP contribution in [0.2, 0.25) is 0 Å². The highest BCUT2D eigenvalue weighted by Gasteiger charge is 2.43. The van der Waals surface area contributed by atoms with Crippen molar-refractivity contribution >= 4 is 11.2 Å². The maximum atomic E-state index is 14.0. The molecule has 0 aliphatic heterocycles. The van der Waals surface area contributed by atoms with Gasteiger partial charge in [0.15, 0.2) is 11.2 Å². The van der Waals surface area contributed by atoms with Crippen molar-refractivity contribution in [3.8, 4) is 11.5 Å². The number of imidazole rings is 1. The summed E-state index contributed by atoms with van der Waals surface area (Å²) in [7, 11) is 6.16. The molecule has 0 aliphatic rings. The van der Waals surface area contributed by atoms with Gasteiger partial charge in [-0.15, -0.1) is 0 Å². The highest BCUT2D eigenvalue weighted by Crippen LogP contribution is 2.44. The number of hydrogen-bond donors (Lipinski definition) is 2. The molecule has 1 atom stereocenters. The van der Waals surface area contributed by atoms with Gasteiger partial charge >= 0.3 is 5.69 Å². The molecule has 10 heteroatoms. The molecule has 0 bridgehead atoms. The third-order valence-electron chi connectivity index (χ3n) is 7.50. The van der Waals surface area contributed by atoms with Crippen LogP contribution in [0, 0.1) is 0 Å². The quantitative estimate of drug-likeness (QED) is 0.267. The number of fused-ring (bicyclic) bond motifs is 1. The van der Waals surface area contributed by atoms with E-state index in [1.165, 1.54) is 11.6 Å². The minimum Gasteiger partial charge on any atom is -0.497 e. The molecule has 2 N–H and O–H groups in total. The molecular formula is C31H32N4O6. The fraction of sp³-hybridized carbons (Fsp3) is 0.258. The fourth-order valence-corrected chi connectivity index (χ4v) is 5.45. The van der Waals surface area contributed by atoms with Crippen molar-refractivity contribution in [1.82, 2.24) is 18.7 Å². The van der Waals surface area contributed by atoms with E-state index in [1.807, 2.05) is 78.9 Å². The lowest BCUT2D eigenvalue weighted by Gasteiger charge is -2.39. The van der Waals surface area contributed by atoms with Crippen molar-refractivity contribution in [2.24, 2.45) is 14.1 Å². The number of aryl methyl sites for hydroxylation is 1. The van der Waals surface area contributed by atoms with Gasteiger partial charge in [0.25, 0.3) is 5.56 Å². The third kappa shape index (κ3) is 4.51. The first-order valence-corrected chi connectivity index (χ1v) is 13.1. The molecule has 1 unspecified atom stereocenters. The molecule has 0 amide bonds. The van der Waals surface area contributed by atoms with Gasteiger partial charge in [0.05, 0.1) is 26.9 Å². The summed E-state index contributed by atoms with van der Waals surface area (Å²) in [6.07, 6.45) is -1.24. The number of nitrogens with zero attached hydrogens (tertiary/aromatic N) is 4. The minimum absolute atomic E-state index is 0.0799. The van der Waals surface area contributed by atoms with E-state index in [-0.39, 0.29) is 17.6 Å². The van der Waals surface area contributed by atoms with Crippen molar-refractivity contribution < 1.29 is 19.7 Å². The zero-order valence-corrected chi connectivity index (χ0v) is 23.3. The lowest BCUT2D eigenvalue weighted by atomic mass is 9.76. The lowest BCUT2D eigenvalue weighted by Crippen LogP contribution is -2.43. The minimum atomic E-state index is -1.22. The fourth-order valence-electron chi connectivity index (χ4n) is 5.45. The standard InChI is InChI=1S/C31H32N4O6/c1-33-28-27(29(38)34(2)30(33)39)35(26(32-28)18-23(37)19-36)31(20-8-6-5-7-9-20,21-10-14-24(40-3)15-11-21)22-12-16-25(41-4)17-13-22/h5-17,23,36-37H,18-19H2,1-4H3. The predicted molar refractivity (Wildman–Crippen MR) is 155 cm³/mol. The van der Waals surface area contributed by atoms with Crippen molar-refractivity contribution in [1.29, 1.82) is 0 Å². The molecule has 0 aliphatic carbocycles. The Morgan fingerprint density at radius 3 is 1.80 bits per heavy atom. The van der Waals surface area contributed by atoms with Gasteiger partial charge in [0, 0.05) is 20.5 Å². The summed E-state index contributed by atoms with van der Waals surface area (Å²) in [6, 6.07) is 24.7. The van der Waals surface area contributed by atoms with E-state index in [4.69, 9.17) is 14.5 Å². The van der Waals surface area contributed by atoms with Gasteiger partial charge in [-0.25, -0.2) is 9.78 Å². The molecule has 0 fully saturated rings. The maximum absolute atomic E-state index is 14.0. The Morgan fingerprint density at radius 2 is 1.32 bits per heavy atom. The Hall–Kier alpha value is -4.67. The Kier molecular flexibility index (Phi) is 7.53. The summed E-state index contributed by atoms with van der Waals surface area (Å²) < 4.78 is 15.1. The number of aromatic nitrogens is 4. The number of benzene rings is 3. The van der Waals surface area contributed by atoms with Gasteiger partial charge < -0.3 is 24.3 Å². The van der Waals surface area contributed by atoms with Crippen LogP contribution in [0.15, 0.2) is 88.5 Å². The maximum Gasteiger partial charge on any atom is 0.332 e. The van der Waals surface area contributed by atoms with Crippen LogP contribution < -0.4 is 20.7 Å². The van der Waals surface area contributed by atoms with Crippen LogP contribution in [0.5, 0.6) is 11.5 Å². The summed E-state index contributed by atoms with van der Waals surface area (Å²) in [5.41, 5.74) is 0.386. The first-order chi connectivity index (χ1) is 19.8. The second-order valence-electron chi connectivity index (χ2n) is 9.82. The van der Waals surface area contributed by atoms with Crippen molar-refractivity contribution in [2.45, 2.75) is 18.1 Å². The van der Waals surface area contributed by atoms with E-state index < -0.39 is 29.5 Å². The Labute approximate surface area is 236 Å². The Morgan fingerprint density at radius 1 is 0.805 bits per heavy atom. The average molecular weight is 557 g/mol. The molecule has 10 nitrogen and oxygen atoms in total. The smallest absolute Gasteiger partial charge is 0.332 e. The van der Waals surface area contributed by atoms with Crippen LogP contribution in [-0.4, -0.2) is 55.8 Å². The number of hydrogen-bond acceptors (Lipinski definition) is 7. The third-order valence-corrected chi connectivity index (χ3v) is 7.50. The van der Waals surface area contributed by atoms with Gasteiger partial charge in [-0.3, -0.25) is 13.9 Å². The Bertz CT molecular complexity index is 1740. The van der Waals surface area contributed by atoms with Crippen LogP contribution >= 0.6 is 0 Å². The normalized spacial score (nSPS) is 12.4. The summed E-state index contributed by atoms with van der Waals surface area (Å²) in [5, 5.41) is 20.4. The summed E-state index contributed by atoms with van der Waals surface area (Å²) in [4.78, 5) is 31.7. The van der Waals surface area contributed by atoms with Gasteiger partial charge in [0.1, 0.15) is 22.9 Å². The molecule has 0 saturated carbocycles. The lowest BCUT2D eigenvalue weighted by molar-refractivity contribution is 0.0928. The van der Waals surface area contributed by atoms with Crippen LogP contribution in [0.25, 0.3) is 11.2 Å². The molecule has 3 aromatic carbocycles. The summed E-state index contributed by atoms with van der Waals surface area (Å²) in [6.45, 7) is -0.510. The zero-order valence-electron chi connectivity index (χ0n) is 23.3. The molecule has 2 aromatic heterocycles. The topological polar surface area (TPSA) is 121 Å². The molecule has 5 rings (SSSR count). The van der Waals surface area contributed by atoms with Crippen LogP contribution in [0.4, 0.5) is 0 Å². The van der Waals surface area contributed by atoms with Crippen molar-refractivity contribution in [2.75, 3.05) is 20.8 Å². The molecular weight excluding hydrogens is 524 g/mol. The van der Waals surface area contributed by atoms with E-state index >= 15 is 0 Å². The van der Waals surface area contributed by atoms with Crippen molar-refractivity contribution in [3.05, 3.63) is 122 Å². The first-order valence-electron chi connectivity index (χ1n) is 13.1. The van der Waals surface area contributed by atoms with Crippen molar-refractivity contribution in [3.63, 3.8) is 0 Å². The Balaban J connectivity index is 2.06.